The Morgan fingerprint density at radius 1 is 1.50 bits per heavy atom. The van der Waals surface area contributed by atoms with Gasteiger partial charge in [-0.15, -0.1) is 0 Å². The van der Waals surface area contributed by atoms with Crippen LogP contribution in [0.2, 0.25) is 0 Å². The SMILES string of the molecule is CCCCOC(=O)C=Cc1cccc(N)c1. The molecule has 0 saturated carbocycles. The second-order valence-corrected chi connectivity index (χ2v) is 3.52. The molecule has 1 aromatic rings. The summed E-state index contributed by atoms with van der Waals surface area (Å²) in [7, 11) is 0. The molecular weight excluding hydrogens is 202 g/mol. The van der Waals surface area contributed by atoms with Gasteiger partial charge < -0.3 is 10.5 Å². The molecule has 0 heterocycles. The van der Waals surface area contributed by atoms with E-state index in [9.17, 15) is 4.79 Å². The minimum atomic E-state index is -0.309. The molecule has 1 rings (SSSR count). The molecule has 0 aliphatic heterocycles. The first-order chi connectivity index (χ1) is 7.72. The Morgan fingerprint density at radius 3 is 3.00 bits per heavy atom. The van der Waals surface area contributed by atoms with Crippen LogP contribution >= 0.6 is 0 Å². The smallest absolute Gasteiger partial charge is 0.330 e. The summed E-state index contributed by atoms with van der Waals surface area (Å²) in [6.07, 6.45) is 5.04. The first-order valence-corrected chi connectivity index (χ1v) is 5.42. The Hall–Kier alpha value is -1.77. The van der Waals surface area contributed by atoms with Crippen LogP contribution in [-0.4, -0.2) is 12.6 Å². The number of rotatable bonds is 5. The highest BCUT2D eigenvalue weighted by molar-refractivity contribution is 5.87. The predicted molar refractivity (Wildman–Crippen MR) is 65.8 cm³/mol. The molecule has 0 aromatic heterocycles. The molecule has 1 aromatic carbocycles. The topological polar surface area (TPSA) is 52.3 Å². The second kappa shape index (κ2) is 6.67. The average molecular weight is 219 g/mol. The van der Waals surface area contributed by atoms with Gasteiger partial charge in [0, 0.05) is 11.8 Å². The Labute approximate surface area is 95.9 Å². The number of nitrogen functional groups attached to an aromatic ring is 1. The second-order valence-electron chi connectivity index (χ2n) is 3.52. The zero-order chi connectivity index (χ0) is 11.8. The van der Waals surface area contributed by atoms with Crippen molar-refractivity contribution in [3.63, 3.8) is 0 Å². The summed E-state index contributed by atoms with van der Waals surface area (Å²) < 4.78 is 4.98. The minimum Gasteiger partial charge on any atom is -0.463 e. The quantitative estimate of drug-likeness (QED) is 0.358. The lowest BCUT2D eigenvalue weighted by Gasteiger charge is -1.99. The molecule has 0 aliphatic carbocycles. The zero-order valence-electron chi connectivity index (χ0n) is 9.48. The third kappa shape index (κ3) is 4.64. The number of anilines is 1. The first-order valence-electron chi connectivity index (χ1n) is 5.42. The molecule has 16 heavy (non-hydrogen) atoms. The number of hydrogen-bond donors (Lipinski definition) is 1. The number of carbonyl (C=O) groups excluding carboxylic acids is 1. The van der Waals surface area contributed by atoms with Gasteiger partial charge in [0.05, 0.1) is 6.61 Å². The van der Waals surface area contributed by atoms with E-state index in [2.05, 4.69) is 6.92 Å². The van der Waals surface area contributed by atoms with Crippen molar-refractivity contribution in [2.45, 2.75) is 19.8 Å². The molecule has 3 heteroatoms. The van der Waals surface area contributed by atoms with Gasteiger partial charge >= 0.3 is 5.97 Å². The molecule has 0 spiro atoms. The number of nitrogens with two attached hydrogens (primary N) is 1. The van der Waals surface area contributed by atoms with E-state index >= 15 is 0 Å². The molecule has 2 N–H and O–H groups in total. The van der Waals surface area contributed by atoms with E-state index in [0.717, 1.165) is 18.4 Å². The van der Waals surface area contributed by atoms with Gasteiger partial charge in [-0.25, -0.2) is 4.79 Å². The predicted octanol–water partition coefficient (Wildman–Crippen LogP) is 2.63. The van der Waals surface area contributed by atoms with Crippen LogP contribution in [0.1, 0.15) is 25.3 Å². The van der Waals surface area contributed by atoms with Crippen LogP contribution in [-0.2, 0) is 9.53 Å². The van der Waals surface area contributed by atoms with E-state index in [0.29, 0.717) is 12.3 Å². The highest BCUT2D eigenvalue weighted by Crippen LogP contribution is 2.08. The molecule has 86 valence electrons. The number of esters is 1. The third-order valence-corrected chi connectivity index (χ3v) is 2.06. The molecular formula is C13H17NO2. The lowest BCUT2D eigenvalue weighted by Crippen LogP contribution is -2.01. The molecule has 0 amide bonds. The fourth-order valence-electron chi connectivity index (χ4n) is 1.19. The Kier molecular flexibility index (Phi) is 5.12. The molecule has 0 fully saturated rings. The van der Waals surface area contributed by atoms with E-state index < -0.39 is 0 Å². The minimum absolute atomic E-state index is 0.309. The largest absolute Gasteiger partial charge is 0.463 e. The fraction of sp³-hybridized carbons (Fsp3) is 0.308. The molecule has 0 atom stereocenters. The summed E-state index contributed by atoms with van der Waals surface area (Å²) in [6.45, 7) is 2.53. The normalized spacial score (nSPS) is 10.6. The average Bonchev–Trinajstić information content (AvgIpc) is 2.27. The van der Waals surface area contributed by atoms with Crippen molar-refractivity contribution in [1.29, 1.82) is 0 Å². The van der Waals surface area contributed by atoms with Crippen LogP contribution in [0.15, 0.2) is 30.3 Å². The molecule has 0 aliphatic rings. The van der Waals surface area contributed by atoms with Crippen LogP contribution in [0, 0.1) is 0 Å². The van der Waals surface area contributed by atoms with Crippen LogP contribution in [0.5, 0.6) is 0 Å². The standard InChI is InChI=1S/C13H17NO2/c1-2-3-9-16-13(15)8-7-11-5-4-6-12(14)10-11/h4-8,10H,2-3,9,14H2,1H3. The number of benzene rings is 1. The highest BCUT2D eigenvalue weighted by atomic mass is 16.5. The summed E-state index contributed by atoms with van der Waals surface area (Å²) >= 11 is 0. The van der Waals surface area contributed by atoms with Crippen molar-refractivity contribution in [1.82, 2.24) is 0 Å². The summed E-state index contributed by atoms with van der Waals surface area (Å²) in [5.74, 6) is -0.309. The summed E-state index contributed by atoms with van der Waals surface area (Å²) in [5.41, 5.74) is 7.19. The molecule has 0 unspecified atom stereocenters. The summed E-state index contributed by atoms with van der Waals surface area (Å²) in [6, 6.07) is 7.33. The van der Waals surface area contributed by atoms with Gasteiger partial charge in [-0.2, -0.15) is 0 Å². The Balaban J connectivity index is 2.44. The van der Waals surface area contributed by atoms with Crippen molar-refractivity contribution in [3.05, 3.63) is 35.9 Å². The van der Waals surface area contributed by atoms with Crippen molar-refractivity contribution in [2.75, 3.05) is 12.3 Å². The molecule has 0 saturated heterocycles. The summed E-state index contributed by atoms with van der Waals surface area (Å²) in [4.78, 5) is 11.2. The third-order valence-electron chi connectivity index (χ3n) is 2.06. The molecule has 3 nitrogen and oxygen atoms in total. The van der Waals surface area contributed by atoms with Crippen LogP contribution < -0.4 is 5.73 Å². The monoisotopic (exact) mass is 219 g/mol. The maximum atomic E-state index is 11.2. The van der Waals surface area contributed by atoms with E-state index in [-0.39, 0.29) is 5.97 Å². The van der Waals surface area contributed by atoms with Gasteiger partial charge in [0.2, 0.25) is 0 Å². The van der Waals surface area contributed by atoms with Gasteiger partial charge in [-0.1, -0.05) is 25.5 Å². The number of ether oxygens (including phenoxy) is 1. The van der Waals surface area contributed by atoms with Crippen LogP contribution in [0.4, 0.5) is 5.69 Å². The van der Waals surface area contributed by atoms with E-state index in [1.807, 2.05) is 12.1 Å². The lowest BCUT2D eigenvalue weighted by atomic mass is 10.2. The van der Waals surface area contributed by atoms with Crippen molar-refractivity contribution >= 4 is 17.7 Å². The molecule has 0 radical (unpaired) electrons. The van der Waals surface area contributed by atoms with Gasteiger partial charge in [0.15, 0.2) is 0 Å². The molecule has 0 bridgehead atoms. The van der Waals surface area contributed by atoms with E-state index in [4.69, 9.17) is 10.5 Å². The Bertz CT molecular complexity index is 372. The highest BCUT2D eigenvalue weighted by Gasteiger charge is 1.95. The van der Waals surface area contributed by atoms with Gasteiger partial charge in [-0.05, 0) is 30.2 Å². The Morgan fingerprint density at radius 2 is 2.31 bits per heavy atom. The van der Waals surface area contributed by atoms with Crippen molar-refractivity contribution in [2.24, 2.45) is 0 Å². The first kappa shape index (κ1) is 12.3. The van der Waals surface area contributed by atoms with Crippen LogP contribution in [0.25, 0.3) is 6.08 Å². The van der Waals surface area contributed by atoms with E-state index in [1.165, 1.54) is 6.08 Å². The van der Waals surface area contributed by atoms with Crippen molar-refractivity contribution < 1.29 is 9.53 Å². The maximum absolute atomic E-state index is 11.2. The van der Waals surface area contributed by atoms with Gasteiger partial charge in [-0.3, -0.25) is 0 Å². The number of carbonyl (C=O) groups is 1. The van der Waals surface area contributed by atoms with Crippen molar-refractivity contribution in [3.8, 4) is 0 Å². The van der Waals surface area contributed by atoms with Gasteiger partial charge in [0.25, 0.3) is 0 Å². The van der Waals surface area contributed by atoms with E-state index in [1.54, 1.807) is 18.2 Å². The summed E-state index contributed by atoms with van der Waals surface area (Å²) in [5, 5.41) is 0. The zero-order valence-corrected chi connectivity index (χ0v) is 9.48. The number of unbranched alkanes of at least 4 members (excludes halogenated alkanes) is 1. The fourth-order valence-corrected chi connectivity index (χ4v) is 1.19. The number of hydrogen-bond acceptors (Lipinski definition) is 3. The van der Waals surface area contributed by atoms with Gasteiger partial charge in [0.1, 0.15) is 0 Å². The maximum Gasteiger partial charge on any atom is 0.330 e. The van der Waals surface area contributed by atoms with Crippen LogP contribution in [0.3, 0.4) is 0 Å². The lowest BCUT2D eigenvalue weighted by molar-refractivity contribution is -0.137.